The van der Waals surface area contributed by atoms with Gasteiger partial charge < -0.3 is 10.1 Å². The van der Waals surface area contributed by atoms with Gasteiger partial charge in [-0.1, -0.05) is 45.9 Å². The maximum Gasteiger partial charge on any atom is 0.162 e. The van der Waals surface area contributed by atoms with Gasteiger partial charge >= 0.3 is 0 Å². The van der Waals surface area contributed by atoms with Crippen LogP contribution < -0.4 is 5.32 Å². The summed E-state index contributed by atoms with van der Waals surface area (Å²) in [6.45, 7) is 8.58. The second kappa shape index (κ2) is 6.55. The number of dihydropyridines is 1. The van der Waals surface area contributed by atoms with Gasteiger partial charge in [0.05, 0.1) is 6.10 Å². The van der Waals surface area contributed by atoms with Gasteiger partial charge in [-0.3, -0.25) is 9.59 Å². The van der Waals surface area contributed by atoms with Crippen molar-refractivity contribution in [2.75, 3.05) is 7.11 Å². The summed E-state index contributed by atoms with van der Waals surface area (Å²) in [5, 5.41) is 3.56. The van der Waals surface area contributed by atoms with Gasteiger partial charge in [0.1, 0.15) is 0 Å². The number of Topliss-reactive ketones (excluding diaryl/α,β-unsaturated/α-hetero) is 2. The van der Waals surface area contributed by atoms with Gasteiger partial charge in [-0.05, 0) is 35.7 Å². The lowest BCUT2D eigenvalue weighted by Crippen LogP contribution is -2.44. The Morgan fingerprint density at radius 3 is 1.96 bits per heavy atom. The standard InChI is InChI=1S/C24H31NO3/c1-23(2)10-15-21(17(26)12-23)20(14-8-6-7-9-19(14)28-5)22-16(25-15)11-24(3,4)13-18(22)27/h6-8,19-20,25H,9-13H2,1-5H3. The average molecular weight is 382 g/mol. The Morgan fingerprint density at radius 1 is 0.929 bits per heavy atom. The Morgan fingerprint density at radius 2 is 1.46 bits per heavy atom. The van der Waals surface area contributed by atoms with E-state index in [2.05, 4.69) is 45.2 Å². The number of methoxy groups -OCH3 is 1. The molecule has 4 nitrogen and oxygen atoms in total. The fourth-order valence-corrected chi connectivity index (χ4v) is 5.36. The smallest absolute Gasteiger partial charge is 0.162 e. The third-order valence-corrected chi connectivity index (χ3v) is 6.48. The fourth-order valence-electron chi connectivity index (χ4n) is 5.36. The van der Waals surface area contributed by atoms with Crippen LogP contribution in [0.25, 0.3) is 0 Å². The average Bonchev–Trinajstić information content (AvgIpc) is 2.57. The molecule has 1 aliphatic heterocycles. The highest BCUT2D eigenvalue weighted by atomic mass is 16.5. The van der Waals surface area contributed by atoms with Crippen molar-refractivity contribution in [3.63, 3.8) is 0 Å². The van der Waals surface area contributed by atoms with Crippen LogP contribution in [0.2, 0.25) is 0 Å². The molecule has 150 valence electrons. The second-order valence-electron chi connectivity index (χ2n) is 10.3. The van der Waals surface area contributed by atoms with Crippen LogP contribution in [0.5, 0.6) is 0 Å². The predicted octanol–water partition coefficient (Wildman–Crippen LogP) is 4.39. The van der Waals surface area contributed by atoms with E-state index < -0.39 is 0 Å². The number of rotatable bonds is 2. The van der Waals surface area contributed by atoms with Crippen molar-refractivity contribution < 1.29 is 14.3 Å². The van der Waals surface area contributed by atoms with Crippen LogP contribution in [0, 0.1) is 16.7 Å². The monoisotopic (exact) mass is 381 g/mol. The molecule has 28 heavy (non-hydrogen) atoms. The first-order valence-corrected chi connectivity index (χ1v) is 10.3. The van der Waals surface area contributed by atoms with Gasteiger partial charge in [-0.2, -0.15) is 0 Å². The molecule has 0 aromatic heterocycles. The number of ether oxygens (including phenoxy) is 1. The maximum absolute atomic E-state index is 13.3. The first-order valence-electron chi connectivity index (χ1n) is 10.3. The molecule has 4 rings (SSSR count). The number of ketones is 2. The first kappa shape index (κ1) is 19.4. The number of hydrogen-bond donors (Lipinski definition) is 1. The molecule has 0 aromatic rings. The third kappa shape index (κ3) is 3.22. The van der Waals surface area contributed by atoms with Gasteiger partial charge in [-0.15, -0.1) is 0 Å². The summed E-state index contributed by atoms with van der Waals surface area (Å²) in [7, 11) is 1.71. The summed E-state index contributed by atoms with van der Waals surface area (Å²) >= 11 is 0. The van der Waals surface area contributed by atoms with Crippen LogP contribution in [-0.2, 0) is 14.3 Å². The maximum atomic E-state index is 13.3. The summed E-state index contributed by atoms with van der Waals surface area (Å²) in [6.07, 6.45) is 9.55. The van der Waals surface area contributed by atoms with Gasteiger partial charge in [0.25, 0.3) is 0 Å². The zero-order valence-corrected chi connectivity index (χ0v) is 17.6. The number of allylic oxidation sites excluding steroid dienone is 6. The molecule has 0 aromatic carbocycles. The van der Waals surface area contributed by atoms with E-state index in [-0.39, 0.29) is 34.4 Å². The van der Waals surface area contributed by atoms with E-state index in [4.69, 9.17) is 4.74 Å². The van der Waals surface area contributed by atoms with Crippen LogP contribution in [0.15, 0.2) is 46.3 Å². The van der Waals surface area contributed by atoms with E-state index in [9.17, 15) is 9.59 Å². The number of hydrogen-bond acceptors (Lipinski definition) is 4. The van der Waals surface area contributed by atoms with Crippen molar-refractivity contribution in [1.29, 1.82) is 0 Å². The Balaban J connectivity index is 1.90. The zero-order valence-electron chi connectivity index (χ0n) is 17.6. The Kier molecular flexibility index (Phi) is 4.53. The number of carbonyl (C=O) groups is 2. The lowest BCUT2D eigenvalue weighted by atomic mass is 9.63. The van der Waals surface area contributed by atoms with Gasteiger partial charge in [-0.25, -0.2) is 0 Å². The van der Waals surface area contributed by atoms with Crippen molar-refractivity contribution in [2.24, 2.45) is 16.7 Å². The highest BCUT2D eigenvalue weighted by Crippen LogP contribution is 2.50. The van der Waals surface area contributed by atoms with E-state index in [0.717, 1.165) is 47.4 Å². The molecule has 4 heteroatoms. The number of carbonyl (C=O) groups excluding carboxylic acids is 2. The molecule has 1 atom stereocenters. The largest absolute Gasteiger partial charge is 0.377 e. The molecule has 1 N–H and O–H groups in total. The van der Waals surface area contributed by atoms with Crippen molar-refractivity contribution >= 4 is 11.6 Å². The predicted molar refractivity (Wildman–Crippen MR) is 109 cm³/mol. The quantitative estimate of drug-likeness (QED) is 0.771. The molecule has 1 heterocycles. The lowest BCUT2D eigenvalue weighted by molar-refractivity contribution is -0.119. The molecule has 0 saturated heterocycles. The molecular weight excluding hydrogens is 350 g/mol. The summed E-state index contributed by atoms with van der Waals surface area (Å²) in [4.78, 5) is 26.6. The Bertz CT molecular complexity index is 814. The van der Waals surface area contributed by atoms with E-state index in [1.165, 1.54) is 0 Å². The molecule has 4 aliphatic rings. The van der Waals surface area contributed by atoms with E-state index in [1.807, 2.05) is 6.08 Å². The minimum absolute atomic E-state index is 0.0682. The highest BCUT2D eigenvalue weighted by molar-refractivity contribution is 6.06. The fraction of sp³-hybridized carbons (Fsp3) is 0.583. The molecule has 0 bridgehead atoms. The summed E-state index contributed by atoms with van der Waals surface area (Å²) in [6, 6.07) is 0. The van der Waals surface area contributed by atoms with Crippen LogP contribution in [0.4, 0.5) is 0 Å². The van der Waals surface area contributed by atoms with Crippen LogP contribution >= 0.6 is 0 Å². The molecule has 0 spiro atoms. The molecule has 0 amide bonds. The second-order valence-corrected chi connectivity index (χ2v) is 10.3. The van der Waals surface area contributed by atoms with E-state index in [1.54, 1.807) is 7.11 Å². The molecule has 0 fully saturated rings. The summed E-state index contributed by atoms with van der Waals surface area (Å²) in [5.41, 5.74) is 4.54. The van der Waals surface area contributed by atoms with E-state index in [0.29, 0.717) is 12.8 Å². The lowest BCUT2D eigenvalue weighted by Gasteiger charge is -2.45. The summed E-state index contributed by atoms with van der Waals surface area (Å²) < 4.78 is 5.76. The summed E-state index contributed by atoms with van der Waals surface area (Å²) in [5.74, 6) is 0.0600. The third-order valence-electron chi connectivity index (χ3n) is 6.48. The van der Waals surface area contributed by atoms with E-state index >= 15 is 0 Å². The minimum Gasteiger partial charge on any atom is -0.377 e. The Hall–Kier alpha value is -1.94. The van der Waals surface area contributed by atoms with Crippen LogP contribution in [0.1, 0.15) is 59.8 Å². The molecule has 0 saturated carbocycles. The zero-order chi connectivity index (χ0) is 20.3. The minimum atomic E-state index is -0.270. The van der Waals surface area contributed by atoms with Gasteiger partial charge in [0, 0.05) is 48.4 Å². The van der Waals surface area contributed by atoms with Gasteiger partial charge in [0.15, 0.2) is 11.6 Å². The SMILES string of the molecule is COC1CC=CC=C1C1C2=C(CC(C)(C)CC2=O)NC2=C1C(=O)CC(C)(C)C2. The normalized spacial score (nSPS) is 29.3. The van der Waals surface area contributed by atoms with Crippen LogP contribution in [0.3, 0.4) is 0 Å². The molecule has 0 radical (unpaired) electrons. The Labute approximate surface area is 167 Å². The molecular formula is C24H31NO3. The van der Waals surface area contributed by atoms with Gasteiger partial charge in [0.2, 0.25) is 0 Å². The van der Waals surface area contributed by atoms with Crippen LogP contribution in [-0.4, -0.2) is 24.8 Å². The topological polar surface area (TPSA) is 55.4 Å². The highest BCUT2D eigenvalue weighted by Gasteiger charge is 2.47. The molecule has 1 unspecified atom stereocenters. The van der Waals surface area contributed by atoms with Crippen molar-refractivity contribution in [3.8, 4) is 0 Å². The molecule has 3 aliphatic carbocycles. The number of nitrogens with one attached hydrogen (secondary N) is 1. The van der Waals surface area contributed by atoms with Crippen molar-refractivity contribution in [1.82, 2.24) is 5.32 Å². The first-order chi connectivity index (χ1) is 13.1. The van der Waals surface area contributed by atoms with Crippen molar-refractivity contribution in [3.05, 3.63) is 46.3 Å². The van der Waals surface area contributed by atoms with Crippen molar-refractivity contribution in [2.45, 2.75) is 65.9 Å².